The van der Waals surface area contributed by atoms with Crippen LogP contribution in [0.4, 0.5) is 13.2 Å². The Balaban J connectivity index is 1.73. The smallest absolute Gasteiger partial charge is 0.392 e. The maximum Gasteiger partial charge on any atom is 0.511 e. The maximum absolute atomic E-state index is 12.9. The number of rotatable bonds is 4. The number of aliphatic hydroxyl groups excluding tert-OH is 1. The third kappa shape index (κ3) is 3.88. The number of alkyl halides is 3. The molecule has 1 fully saturated rings. The molecule has 0 unspecified atom stereocenters. The Kier molecular flexibility index (Phi) is 5.75. The van der Waals surface area contributed by atoms with Crippen molar-refractivity contribution in [1.29, 1.82) is 5.26 Å². The summed E-state index contributed by atoms with van der Waals surface area (Å²) >= 11 is 0. The molecule has 1 aromatic heterocycles. The van der Waals surface area contributed by atoms with Gasteiger partial charge in [0, 0.05) is 41.8 Å². The van der Waals surface area contributed by atoms with E-state index in [4.69, 9.17) is 0 Å². The van der Waals surface area contributed by atoms with E-state index in [0.717, 1.165) is 22.0 Å². The Morgan fingerprint density at radius 2 is 1.84 bits per heavy atom. The summed E-state index contributed by atoms with van der Waals surface area (Å²) in [5.74, 6) is 0. The van der Waals surface area contributed by atoms with Gasteiger partial charge in [-0.2, -0.15) is 22.7 Å². The average molecular weight is 463 g/mol. The number of hydrogen-bond acceptors (Lipinski definition) is 4. The van der Waals surface area contributed by atoms with E-state index in [-0.39, 0.29) is 38.6 Å². The number of aromatic nitrogens is 1. The van der Waals surface area contributed by atoms with Crippen LogP contribution in [0.1, 0.15) is 30.0 Å². The monoisotopic (exact) mass is 463 g/mol. The lowest BCUT2D eigenvalue weighted by Crippen LogP contribution is -2.45. The first-order valence-electron chi connectivity index (χ1n) is 9.97. The van der Waals surface area contributed by atoms with Gasteiger partial charge in [0.25, 0.3) is 0 Å². The molecule has 0 saturated carbocycles. The van der Waals surface area contributed by atoms with Crippen LogP contribution in [0.15, 0.2) is 48.7 Å². The Hall–Kier alpha value is -2.87. The van der Waals surface area contributed by atoms with Gasteiger partial charge in [0.1, 0.15) is 0 Å². The van der Waals surface area contributed by atoms with Crippen molar-refractivity contribution < 1.29 is 26.7 Å². The largest absolute Gasteiger partial charge is 0.511 e. The number of halogens is 3. The van der Waals surface area contributed by atoms with Gasteiger partial charge in [-0.1, -0.05) is 24.3 Å². The molecule has 32 heavy (non-hydrogen) atoms. The number of aliphatic hydroxyl groups is 1. The minimum atomic E-state index is -5.34. The van der Waals surface area contributed by atoms with Gasteiger partial charge in [0.15, 0.2) is 0 Å². The topological polar surface area (TPSA) is 86.3 Å². The first kappa shape index (κ1) is 22.3. The zero-order valence-electron chi connectivity index (χ0n) is 16.9. The standard InChI is InChI=1S/C22H20F3N3O3S/c23-22(24,25)32(30,31)27-8-6-18(7-9-27)28-13-20(17-3-1-2-15(10-17)12-26)19-5-4-16(14-29)11-21(19)28/h1-5,10-11,13,18,29H,6-9,14H2. The van der Waals surface area contributed by atoms with Crippen LogP contribution in [-0.2, 0) is 16.6 Å². The van der Waals surface area contributed by atoms with Gasteiger partial charge in [-0.15, -0.1) is 0 Å². The first-order valence-corrected chi connectivity index (χ1v) is 11.4. The second-order valence-corrected chi connectivity index (χ2v) is 9.66. The summed E-state index contributed by atoms with van der Waals surface area (Å²) in [6.45, 7) is -0.626. The first-order chi connectivity index (χ1) is 15.2. The molecule has 0 radical (unpaired) electrons. The summed E-state index contributed by atoms with van der Waals surface area (Å²) in [5, 5.41) is 19.7. The van der Waals surface area contributed by atoms with Crippen LogP contribution in [0.5, 0.6) is 0 Å². The Bertz CT molecular complexity index is 1300. The molecule has 1 aliphatic rings. The normalized spacial score (nSPS) is 16.3. The molecular weight excluding hydrogens is 443 g/mol. The summed E-state index contributed by atoms with van der Waals surface area (Å²) in [6, 6.07) is 14.5. The molecular formula is C22H20F3N3O3S. The lowest BCUT2D eigenvalue weighted by molar-refractivity contribution is -0.0496. The van der Waals surface area contributed by atoms with Crippen molar-refractivity contribution in [2.45, 2.75) is 31.0 Å². The number of benzene rings is 2. The minimum Gasteiger partial charge on any atom is -0.392 e. The fourth-order valence-corrected chi connectivity index (χ4v) is 5.17. The molecule has 1 N–H and O–H groups in total. The zero-order valence-corrected chi connectivity index (χ0v) is 17.7. The fourth-order valence-electron chi connectivity index (χ4n) is 4.19. The van der Waals surface area contributed by atoms with Gasteiger partial charge < -0.3 is 9.67 Å². The number of fused-ring (bicyclic) bond motifs is 1. The van der Waals surface area contributed by atoms with E-state index in [9.17, 15) is 32.0 Å². The van der Waals surface area contributed by atoms with Crippen LogP contribution < -0.4 is 0 Å². The summed E-state index contributed by atoms with van der Waals surface area (Å²) in [7, 11) is -5.34. The van der Waals surface area contributed by atoms with E-state index in [1.807, 2.05) is 29.0 Å². The van der Waals surface area contributed by atoms with Crippen LogP contribution >= 0.6 is 0 Å². The highest BCUT2D eigenvalue weighted by Gasteiger charge is 2.50. The predicted octanol–water partition coefficient (Wildman–Crippen LogP) is 4.16. The molecule has 1 aliphatic heterocycles. The third-order valence-electron chi connectivity index (χ3n) is 5.83. The lowest BCUT2D eigenvalue weighted by atomic mass is 10.0. The van der Waals surface area contributed by atoms with E-state index >= 15 is 0 Å². The van der Waals surface area contributed by atoms with Crippen molar-refractivity contribution in [3.05, 3.63) is 59.8 Å². The molecule has 2 aromatic carbocycles. The van der Waals surface area contributed by atoms with Crippen molar-refractivity contribution >= 4 is 20.9 Å². The van der Waals surface area contributed by atoms with Gasteiger partial charge in [-0.05, 0) is 42.2 Å². The van der Waals surface area contributed by atoms with Gasteiger partial charge in [-0.25, -0.2) is 8.42 Å². The average Bonchev–Trinajstić information content (AvgIpc) is 3.17. The highest BCUT2D eigenvalue weighted by Crippen LogP contribution is 2.37. The molecule has 0 amide bonds. The number of nitriles is 1. The zero-order chi connectivity index (χ0) is 23.1. The Morgan fingerprint density at radius 1 is 1.12 bits per heavy atom. The molecule has 3 aromatic rings. The summed E-state index contributed by atoms with van der Waals surface area (Å²) in [6.07, 6.45) is 2.33. The highest BCUT2D eigenvalue weighted by molar-refractivity contribution is 7.90. The summed E-state index contributed by atoms with van der Waals surface area (Å²) in [4.78, 5) is 0. The number of nitrogens with zero attached hydrogens (tertiary/aromatic N) is 3. The molecule has 0 bridgehead atoms. The van der Waals surface area contributed by atoms with E-state index in [1.54, 1.807) is 24.3 Å². The van der Waals surface area contributed by atoms with Crippen molar-refractivity contribution in [2.24, 2.45) is 0 Å². The molecule has 2 heterocycles. The third-order valence-corrected chi connectivity index (χ3v) is 7.46. The van der Waals surface area contributed by atoms with Gasteiger partial charge in [0.2, 0.25) is 0 Å². The quantitative estimate of drug-likeness (QED) is 0.630. The molecule has 0 atom stereocenters. The van der Waals surface area contributed by atoms with Crippen molar-refractivity contribution in [2.75, 3.05) is 13.1 Å². The Morgan fingerprint density at radius 3 is 2.47 bits per heavy atom. The minimum absolute atomic E-state index is 0.164. The molecule has 0 spiro atoms. The van der Waals surface area contributed by atoms with Gasteiger partial charge >= 0.3 is 15.5 Å². The second kappa shape index (κ2) is 8.24. The summed E-state index contributed by atoms with van der Waals surface area (Å²) < 4.78 is 64.6. The number of hydrogen-bond donors (Lipinski definition) is 1. The van der Waals surface area contributed by atoms with Crippen LogP contribution in [0.2, 0.25) is 0 Å². The lowest BCUT2D eigenvalue weighted by Gasteiger charge is -2.32. The van der Waals surface area contributed by atoms with Crippen LogP contribution in [0.25, 0.3) is 22.0 Å². The molecule has 168 valence electrons. The van der Waals surface area contributed by atoms with Crippen LogP contribution in [-0.4, -0.2) is 41.0 Å². The van der Waals surface area contributed by atoms with E-state index in [0.29, 0.717) is 15.4 Å². The second-order valence-electron chi connectivity index (χ2n) is 7.73. The Labute approximate surface area is 183 Å². The maximum atomic E-state index is 12.9. The molecule has 10 heteroatoms. The molecule has 0 aliphatic carbocycles. The van der Waals surface area contributed by atoms with Gasteiger partial charge in [0.05, 0.1) is 18.2 Å². The van der Waals surface area contributed by atoms with E-state index in [2.05, 4.69) is 6.07 Å². The molecule has 1 saturated heterocycles. The predicted molar refractivity (Wildman–Crippen MR) is 113 cm³/mol. The van der Waals surface area contributed by atoms with Gasteiger partial charge in [-0.3, -0.25) is 0 Å². The van der Waals surface area contributed by atoms with E-state index < -0.39 is 15.5 Å². The number of sulfonamides is 1. The fraction of sp³-hybridized carbons (Fsp3) is 0.318. The molecule has 4 rings (SSSR count). The SMILES string of the molecule is N#Cc1cccc(-c2cn(C3CCN(S(=O)(=O)C(F)(F)F)CC3)c3cc(CO)ccc23)c1. The number of piperidine rings is 1. The van der Waals surface area contributed by atoms with Crippen molar-refractivity contribution in [1.82, 2.24) is 8.87 Å². The summed E-state index contributed by atoms with van der Waals surface area (Å²) in [5.41, 5.74) is -1.65. The van der Waals surface area contributed by atoms with Crippen molar-refractivity contribution in [3.8, 4) is 17.2 Å². The van der Waals surface area contributed by atoms with Crippen LogP contribution in [0.3, 0.4) is 0 Å². The van der Waals surface area contributed by atoms with Crippen molar-refractivity contribution in [3.63, 3.8) is 0 Å². The van der Waals surface area contributed by atoms with Crippen LogP contribution in [0, 0.1) is 11.3 Å². The van der Waals surface area contributed by atoms with E-state index in [1.165, 1.54) is 0 Å². The highest BCUT2D eigenvalue weighted by atomic mass is 32.2. The molecule has 6 nitrogen and oxygen atoms in total.